The van der Waals surface area contributed by atoms with Gasteiger partial charge in [0.1, 0.15) is 13.2 Å². The van der Waals surface area contributed by atoms with Crippen LogP contribution in [0.1, 0.15) is 30.6 Å². The first-order valence-electron chi connectivity index (χ1n) is 7.92. The number of fused-ring (bicyclic) bond motifs is 1. The van der Waals surface area contributed by atoms with Crippen molar-refractivity contribution in [3.63, 3.8) is 0 Å². The highest BCUT2D eigenvalue weighted by molar-refractivity contribution is 5.44. The van der Waals surface area contributed by atoms with Gasteiger partial charge in [-0.25, -0.2) is 0 Å². The van der Waals surface area contributed by atoms with Crippen molar-refractivity contribution in [3.05, 3.63) is 59.7 Å². The first kappa shape index (κ1) is 14.9. The van der Waals surface area contributed by atoms with Crippen LogP contribution in [0.4, 0.5) is 0 Å². The third-order valence-electron chi connectivity index (χ3n) is 3.73. The van der Waals surface area contributed by atoms with Gasteiger partial charge in [0, 0.05) is 13.0 Å². The summed E-state index contributed by atoms with van der Waals surface area (Å²) in [7, 11) is 0. The van der Waals surface area contributed by atoms with E-state index in [1.54, 1.807) is 0 Å². The normalized spacial score (nSPS) is 14.6. The summed E-state index contributed by atoms with van der Waals surface area (Å²) in [5.41, 5.74) is 2.42. The Morgan fingerprint density at radius 2 is 1.77 bits per heavy atom. The summed E-state index contributed by atoms with van der Waals surface area (Å²) in [6, 6.07) is 16.6. The zero-order valence-electron chi connectivity index (χ0n) is 13.0. The minimum Gasteiger partial charge on any atom is -0.486 e. The second-order valence-corrected chi connectivity index (χ2v) is 5.45. The first-order chi connectivity index (χ1) is 10.9. The maximum atomic E-state index is 6.08. The van der Waals surface area contributed by atoms with Gasteiger partial charge in [-0.15, -0.1) is 0 Å². The summed E-state index contributed by atoms with van der Waals surface area (Å²) in [6.07, 6.45) is 1.91. The van der Waals surface area contributed by atoms with Gasteiger partial charge in [-0.05, 0) is 29.7 Å². The van der Waals surface area contributed by atoms with Gasteiger partial charge in [0.05, 0.1) is 6.10 Å². The van der Waals surface area contributed by atoms with Crippen LogP contribution in [0.15, 0.2) is 48.5 Å². The van der Waals surface area contributed by atoms with E-state index in [9.17, 15) is 0 Å². The fourth-order valence-corrected chi connectivity index (χ4v) is 2.62. The molecule has 2 aromatic carbocycles. The smallest absolute Gasteiger partial charge is 0.161 e. The molecule has 116 valence electrons. The van der Waals surface area contributed by atoms with E-state index in [0.29, 0.717) is 13.2 Å². The standard InChI is InChI=1S/C19H22O3/c1-2-10-20-18(13-15-6-4-3-5-7-15)16-8-9-17-19(14-16)22-12-11-21-17/h3-9,14,18H,2,10-13H2,1H3. The lowest BCUT2D eigenvalue weighted by Gasteiger charge is -2.22. The Morgan fingerprint density at radius 3 is 2.55 bits per heavy atom. The molecule has 2 aromatic rings. The van der Waals surface area contributed by atoms with Crippen molar-refractivity contribution in [3.8, 4) is 11.5 Å². The van der Waals surface area contributed by atoms with E-state index in [1.807, 2.05) is 12.1 Å². The number of benzene rings is 2. The maximum Gasteiger partial charge on any atom is 0.161 e. The molecule has 1 aliphatic heterocycles. The molecular weight excluding hydrogens is 276 g/mol. The quantitative estimate of drug-likeness (QED) is 0.801. The highest BCUT2D eigenvalue weighted by Gasteiger charge is 2.18. The Kier molecular flexibility index (Phi) is 4.96. The van der Waals surface area contributed by atoms with Crippen molar-refractivity contribution in [2.45, 2.75) is 25.9 Å². The van der Waals surface area contributed by atoms with Crippen LogP contribution in [0, 0.1) is 0 Å². The molecule has 1 unspecified atom stereocenters. The molecule has 0 saturated heterocycles. The molecule has 0 bridgehead atoms. The predicted molar refractivity (Wildman–Crippen MR) is 86.6 cm³/mol. The van der Waals surface area contributed by atoms with Crippen LogP contribution in [0.2, 0.25) is 0 Å². The SMILES string of the molecule is CCCOC(Cc1ccccc1)c1ccc2c(c1)OCCO2. The molecule has 1 heterocycles. The monoisotopic (exact) mass is 298 g/mol. The zero-order valence-corrected chi connectivity index (χ0v) is 13.0. The van der Waals surface area contributed by atoms with Crippen LogP contribution in [0.5, 0.6) is 11.5 Å². The molecule has 0 amide bonds. The van der Waals surface area contributed by atoms with Gasteiger partial charge in [-0.1, -0.05) is 43.3 Å². The lowest BCUT2D eigenvalue weighted by atomic mass is 10.0. The molecule has 3 heteroatoms. The van der Waals surface area contributed by atoms with Crippen molar-refractivity contribution in [2.75, 3.05) is 19.8 Å². The van der Waals surface area contributed by atoms with Gasteiger partial charge in [0.2, 0.25) is 0 Å². The van der Waals surface area contributed by atoms with Crippen LogP contribution in [0.3, 0.4) is 0 Å². The second-order valence-electron chi connectivity index (χ2n) is 5.45. The number of rotatable bonds is 6. The minimum atomic E-state index is 0.0400. The molecule has 1 aliphatic rings. The van der Waals surface area contributed by atoms with Crippen LogP contribution < -0.4 is 9.47 Å². The van der Waals surface area contributed by atoms with Gasteiger partial charge >= 0.3 is 0 Å². The Morgan fingerprint density at radius 1 is 1.00 bits per heavy atom. The largest absolute Gasteiger partial charge is 0.486 e. The topological polar surface area (TPSA) is 27.7 Å². The van der Waals surface area contributed by atoms with E-state index in [-0.39, 0.29) is 6.10 Å². The Balaban J connectivity index is 1.82. The van der Waals surface area contributed by atoms with Gasteiger partial charge in [-0.3, -0.25) is 0 Å². The number of hydrogen-bond donors (Lipinski definition) is 0. The van der Waals surface area contributed by atoms with Crippen LogP contribution in [-0.4, -0.2) is 19.8 Å². The molecule has 0 fully saturated rings. The van der Waals surface area contributed by atoms with Crippen LogP contribution in [0.25, 0.3) is 0 Å². The Labute approximate surface area is 131 Å². The Hall–Kier alpha value is -2.00. The average Bonchev–Trinajstić information content (AvgIpc) is 2.59. The van der Waals surface area contributed by atoms with Crippen molar-refractivity contribution in [1.29, 1.82) is 0 Å². The number of ether oxygens (including phenoxy) is 3. The molecule has 3 rings (SSSR count). The summed E-state index contributed by atoms with van der Waals surface area (Å²) >= 11 is 0. The van der Waals surface area contributed by atoms with Gasteiger partial charge in [-0.2, -0.15) is 0 Å². The highest BCUT2D eigenvalue weighted by atomic mass is 16.6. The summed E-state index contributed by atoms with van der Waals surface area (Å²) in [5.74, 6) is 1.64. The molecule has 0 radical (unpaired) electrons. The van der Waals surface area contributed by atoms with Gasteiger partial charge in [0.25, 0.3) is 0 Å². The van der Waals surface area contributed by atoms with Crippen molar-refractivity contribution in [1.82, 2.24) is 0 Å². The average molecular weight is 298 g/mol. The van der Waals surface area contributed by atoms with E-state index in [4.69, 9.17) is 14.2 Å². The number of hydrogen-bond acceptors (Lipinski definition) is 3. The van der Waals surface area contributed by atoms with E-state index in [2.05, 4.69) is 43.3 Å². The summed E-state index contributed by atoms with van der Waals surface area (Å²) in [6.45, 7) is 4.11. The van der Waals surface area contributed by atoms with Gasteiger partial charge in [0.15, 0.2) is 11.5 Å². The predicted octanol–water partition coefficient (Wildman–Crippen LogP) is 4.17. The molecule has 0 saturated carbocycles. The summed E-state index contributed by atoms with van der Waals surface area (Å²) < 4.78 is 17.4. The van der Waals surface area contributed by atoms with Crippen molar-refractivity contribution in [2.24, 2.45) is 0 Å². The third-order valence-corrected chi connectivity index (χ3v) is 3.73. The molecule has 0 N–H and O–H groups in total. The maximum absolute atomic E-state index is 6.08. The molecule has 0 aromatic heterocycles. The van der Waals surface area contributed by atoms with E-state index >= 15 is 0 Å². The summed E-state index contributed by atoms with van der Waals surface area (Å²) in [4.78, 5) is 0. The van der Waals surface area contributed by atoms with E-state index in [1.165, 1.54) is 5.56 Å². The highest BCUT2D eigenvalue weighted by Crippen LogP contribution is 2.34. The molecule has 22 heavy (non-hydrogen) atoms. The fraction of sp³-hybridized carbons (Fsp3) is 0.368. The molecule has 1 atom stereocenters. The zero-order chi connectivity index (χ0) is 15.2. The molecular formula is C19H22O3. The molecule has 3 nitrogen and oxygen atoms in total. The Bertz CT molecular complexity index is 595. The van der Waals surface area contributed by atoms with E-state index < -0.39 is 0 Å². The minimum absolute atomic E-state index is 0.0400. The fourth-order valence-electron chi connectivity index (χ4n) is 2.62. The third kappa shape index (κ3) is 3.60. The molecule has 0 spiro atoms. The van der Waals surface area contributed by atoms with Crippen LogP contribution >= 0.6 is 0 Å². The summed E-state index contributed by atoms with van der Waals surface area (Å²) in [5, 5.41) is 0. The van der Waals surface area contributed by atoms with Crippen molar-refractivity contribution >= 4 is 0 Å². The first-order valence-corrected chi connectivity index (χ1v) is 7.92. The lowest BCUT2D eigenvalue weighted by Crippen LogP contribution is -2.16. The molecule has 0 aliphatic carbocycles. The second kappa shape index (κ2) is 7.32. The lowest BCUT2D eigenvalue weighted by molar-refractivity contribution is 0.0528. The van der Waals surface area contributed by atoms with Gasteiger partial charge < -0.3 is 14.2 Å². The van der Waals surface area contributed by atoms with Crippen molar-refractivity contribution < 1.29 is 14.2 Å². The van der Waals surface area contributed by atoms with E-state index in [0.717, 1.165) is 36.5 Å². The van der Waals surface area contributed by atoms with Crippen LogP contribution in [-0.2, 0) is 11.2 Å².